The SMILES string of the molecule is C=C1C(=O)[C@]23[C@H](OC(C)=O)C[C@@H]4C(C)(C)CC[C@@H](OC(C)=O)[C@@]4(C)[C@@H]2[C@@H](OC(C)=O)C[C@@]12OC(C)(C)O[C@@H]32. The minimum absolute atomic E-state index is 0.129. The molecule has 5 fully saturated rings. The van der Waals surface area contributed by atoms with Crippen LogP contribution in [0.15, 0.2) is 12.2 Å². The van der Waals surface area contributed by atoms with Gasteiger partial charge in [-0.2, -0.15) is 0 Å². The molecule has 1 aliphatic heterocycles. The third-order valence-corrected chi connectivity index (χ3v) is 10.3. The zero-order chi connectivity index (χ0) is 28.2. The van der Waals surface area contributed by atoms with Crippen LogP contribution in [0.2, 0.25) is 0 Å². The summed E-state index contributed by atoms with van der Waals surface area (Å²) in [7, 11) is 0. The Morgan fingerprint density at radius 2 is 1.50 bits per heavy atom. The third kappa shape index (κ3) is 3.36. The summed E-state index contributed by atoms with van der Waals surface area (Å²) in [5.74, 6) is -3.59. The second kappa shape index (κ2) is 8.13. The van der Waals surface area contributed by atoms with Gasteiger partial charge in [-0.25, -0.2) is 0 Å². The number of fused-ring (bicyclic) bond motifs is 2. The molecule has 38 heavy (non-hydrogen) atoms. The van der Waals surface area contributed by atoms with Crippen molar-refractivity contribution in [3.8, 4) is 0 Å². The zero-order valence-corrected chi connectivity index (χ0v) is 23.7. The molecule has 0 aromatic heterocycles. The van der Waals surface area contributed by atoms with Crippen LogP contribution in [0, 0.1) is 28.1 Å². The largest absolute Gasteiger partial charge is 0.462 e. The second-order valence-corrected chi connectivity index (χ2v) is 13.3. The van der Waals surface area contributed by atoms with Crippen LogP contribution in [0.3, 0.4) is 0 Å². The number of rotatable bonds is 3. The summed E-state index contributed by atoms with van der Waals surface area (Å²) in [6.07, 6.45) is -1.12. The zero-order valence-electron chi connectivity index (χ0n) is 23.7. The van der Waals surface area contributed by atoms with Crippen molar-refractivity contribution in [3.05, 3.63) is 12.2 Å². The average Bonchev–Trinajstić information content (AvgIpc) is 3.10. The fourth-order valence-corrected chi connectivity index (χ4v) is 9.41. The van der Waals surface area contributed by atoms with E-state index in [1.807, 2.05) is 6.92 Å². The highest BCUT2D eigenvalue weighted by molar-refractivity contribution is 6.07. The van der Waals surface area contributed by atoms with Gasteiger partial charge in [0.05, 0.1) is 0 Å². The molecule has 0 N–H and O–H groups in total. The highest BCUT2D eigenvalue weighted by atomic mass is 16.8. The Labute approximate surface area is 223 Å². The van der Waals surface area contributed by atoms with E-state index < -0.39 is 70.5 Å². The quantitative estimate of drug-likeness (QED) is 0.305. The van der Waals surface area contributed by atoms with Crippen LogP contribution in [-0.4, -0.2) is 59.5 Å². The van der Waals surface area contributed by atoms with Crippen LogP contribution in [-0.2, 0) is 42.9 Å². The first kappa shape index (κ1) is 27.3. The van der Waals surface area contributed by atoms with Crippen molar-refractivity contribution < 1.29 is 42.9 Å². The van der Waals surface area contributed by atoms with E-state index in [2.05, 4.69) is 20.4 Å². The molecule has 9 heteroatoms. The van der Waals surface area contributed by atoms with Crippen molar-refractivity contribution in [1.82, 2.24) is 0 Å². The molecule has 2 bridgehead atoms. The van der Waals surface area contributed by atoms with Crippen LogP contribution in [0.4, 0.5) is 0 Å². The first-order valence-corrected chi connectivity index (χ1v) is 13.6. The molecule has 1 heterocycles. The van der Waals surface area contributed by atoms with Gasteiger partial charge in [-0.05, 0) is 44.4 Å². The van der Waals surface area contributed by atoms with Crippen molar-refractivity contribution in [3.63, 3.8) is 0 Å². The predicted octanol–water partition coefficient (Wildman–Crippen LogP) is 3.66. The first-order chi connectivity index (χ1) is 17.4. The Kier molecular flexibility index (Phi) is 5.84. The first-order valence-electron chi connectivity index (χ1n) is 13.6. The van der Waals surface area contributed by atoms with Crippen LogP contribution >= 0.6 is 0 Å². The van der Waals surface area contributed by atoms with Crippen molar-refractivity contribution in [2.75, 3.05) is 0 Å². The maximum atomic E-state index is 14.6. The molecule has 0 radical (unpaired) electrons. The normalized spacial score (nSPS) is 45.9. The topological polar surface area (TPSA) is 114 Å². The molecule has 210 valence electrons. The highest BCUT2D eigenvalue weighted by Gasteiger charge is 2.86. The number of hydrogen-bond donors (Lipinski definition) is 0. The van der Waals surface area contributed by atoms with Crippen molar-refractivity contribution >= 4 is 23.7 Å². The molecule has 4 saturated carbocycles. The Balaban J connectivity index is 1.83. The lowest BCUT2D eigenvalue weighted by Crippen LogP contribution is -2.75. The molecule has 9 atom stereocenters. The second-order valence-electron chi connectivity index (χ2n) is 13.3. The van der Waals surface area contributed by atoms with Gasteiger partial charge in [0.15, 0.2) is 11.6 Å². The molecule has 0 aromatic carbocycles. The molecule has 4 aliphatic carbocycles. The lowest BCUT2D eigenvalue weighted by atomic mass is 9.38. The Hall–Kier alpha value is -2.26. The van der Waals surface area contributed by atoms with E-state index in [1.165, 1.54) is 20.8 Å². The molecule has 5 rings (SSSR count). The summed E-state index contributed by atoms with van der Waals surface area (Å²) in [5.41, 5.74) is -3.49. The standard InChI is InChI=1S/C29H40O9/c1-14-23(33)29-21(36-17(4)32)12-19-25(5,6)11-10-20(35-16(3)31)27(19,9)22(29)18(34-15(2)30)13-28(14)24(29)37-26(7,8)38-28/h18-22,24H,1,10-13H2,2-9H3/t18-,19+,20+,21+,22-,24+,27-,28+,29-/m0/s1. The van der Waals surface area contributed by atoms with Gasteiger partial charge in [0.25, 0.3) is 0 Å². The minimum Gasteiger partial charge on any atom is -0.462 e. The minimum atomic E-state index is -1.44. The van der Waals surface area contributed by atoms with Gasteiger partial charge in [0, 0.05) is 44.1 Å². The van der Waals surface area contributed by atoms with Crippen LogP contribution in [0.5, 0.6) is 0 Å². The van der Waals surface area contributed by atoms with Gasteiger partial charge in [0.2, 0.25) is 0 Å². The van der Waals surface area contributed by atoms with Crippen molar-refractivity contribution in [2.45, 2.75) is 117 Å². The van der Waals surface area contributed by atoms with E-state index in [0.29, 0.717) is 12.8 Å². The third-order valence-electron chi connectivity index (χ3n) is 10.3. The van der Waals surface area contributed by atoms with E-state index in [9.17, 15) is 19.2 Å². The lowest BCUT2D eigenvalue weighted by molar-refractivity contribution is -0.285. The summed E-state index contributed by atoms with van der Waals surface area (Å²) in [6, 6.07) is 0. The highest BCUT2D eigenvalue weighted by Crippen LogP contribution is 2.75. The number of ketones is 1. The maximum absolute atomic E-state index is 14.6. The average molecular weight is 533 g/mol. The van der Waals surface area contributed by atoms with E-state index >= 15 is 0 Å². The molecule has 5 aliphatic rings. The summed E-state index contributed by atoms with van der Waals surface area (Å²) in [4.78, 5) is 52.0. The number of carbonyl (C=O) groups is 4. The van der Waals surface area contributed by atoms with Crippen LogP contribution in [0.25, 0.3) is 0 Å². The number of esters is 3. The molecule has 0 amide bonds. The summed E-state index contributed by atoms with van der Waals surface area (Å²) in [5, 5.41) is 0. The Bertz CT molecular complexity index is 1120. The molecular formula is C29H40O9. The lowest BCUT2D eigenvalue weighted by Gasteiger charge is -2.68. The maximum Gasteiger partial charge on any atom is 0.302 e. The van der Waals surface area contributed by atoms with Gasteiger partial charge in [0.1, 0.15) is 35.4 Å². The molecular weight excluding hydrogens is 492 g/mol. The molecule has 1 spiro atoms. The van der Waals surface area contributed by atoms with Gasteiger partial charge in [-0.3, -0.25) is 19.2 Å². The number of Topliss-reactive ketones (excluding diaryl/α,β-unsaturated/α-hetero) is 1. The Morgan fingerprint density at radius 1 is 0.921 bits per heavy atom. The van der Waals surface area contributed by atoms with Gasteiger partial charge in [-0.1, -0.05) is 27.4 Å². The molecule has 0 unspecified atom stereocenters. The van der Waals surface area contributed by atoms with E-state index in [1.54, 1.807) is 13.8 Å². The predicted molar refractivity (Wildman–Crippen MR) is 133 cm³/mol. The number of hydrogen-bond acceptors (Lipinski definition) is 9. The monoisotopic (exact) mass is 532 g/mol. The van der Waals surface area contributed by atoms with Crippen molar-refractivity contribution in [1.29, 1.82) is 0 Å². The van der Waals surface area contributed by atoms with Gasteiger partial charge >= 0.3 is 17.9 Å². The molecule has 0 aromatic rings. The van der Waals surface area contributed by atoms with E-state index in [0.717, 1.165) is 6.42 Å². The number of ether oxygens (including phenoxy) is 5. The smallest absolute Gasteiger partial charge is 0.302 e. The fraction of sp³-hybridized carbons (Fsp3) is 0.793. The van der Waals surface area contributed by atoms with E-state index in [-0.39, 0.29) is 29.1 Å². The van der Waals surface area contributed by atoms with E-state index in [4.69, 9.17) is 23.7 Å². The van der Waals surface area contributed by atoms with Gasteiger partial charge < -0.3 is 23.7 Å². The van der Waals surface area contributed by atoms with Crippen molar-refractivity contribution in [2.24, 2.45) is 28.1 Å². The summed E-state index contributed by atoms with van der Waals surface area (Å²) < 4.78 is 31.1. The molecule has 1 saturated heterocycles. The summed E-state index contributed by atoms with van der Waals surface area (Å²) in [6.45, 7) is 18.2. The fourth-order valence-electron chi connectivity index (χ4n) is 9.41. The number of carbonyl (C=O) groups excluding carboxylic acids is 4. The Morgan fingerprint density at radius 3 is 2.08 bits per heavy atom. The summed E-state index contributed by atoms with van der Waals surface area (Å²) >= 11 is 0. The van der Waals surface area contributed by atoms with Crippen LogP contribution < -0.4 is 0 Å². The van der Waals surface area contributed by atoms with Crippen LogP contribution in [0.1, 0.15) is 81.1 Å². The van der Waals surface area contributed by atoms with Gasteiger partial charge in [-0.15, -0.1) is 0 Å². The molecule has 9 nitrogen and oxygen atoms in total.